The summed E-state index contributed by atoms with van der Waals surface area (Å²) in [4.78, 5) is 25.5. The zero-order valence-electron chi connectivity index (χ0n) is 21.2. The van der Waals surface area contributed by atoms with Gasteiger partial charge in [0.1, 0.15) is 18.5 Å². The molecule has 3 atom stereocenters. The Morgan fingerprint density at radius 2 is 2.00 bits per heavy atom. The summed E-state index contributed by atoms with van der Waals surface area (Å²) in [7, 11) is 4.86. The fraction of sp³-hybridized carbons (Fsp3) is 0.407. The summed E-state index contributed by atoms with van der Waals surface area (Å²) in [5.74, 6) is -0.0402. The highest BCUT2D eigenvalue weighted by atomic mass is 32.2. The second kappa shape index (κ2) is 13.3. The number of nitrogens with zero attached hydrogens (tertiary/aromatic N) is 1. The van der Waals surface area contributed by atoms with Crippen molar-refractivity contribution in [2.75, 3.05) is 38.4 Å². The molecule has 0 spiro atoms. The molecule has 0 aliphatic carbocycles. The van der Waals surface area contributed by atoms with Crippen LogP contribution in [0, 0.1) is 0 Å². The van der Waals surface area contributed by atoms with E-state index >= 15 is 0 Å². The number of rotatable bonds is 7. The van der Waals surface area contributed by atoms with Gasteiger partial charge in [0.15, 0.2) is 0 Å². The molecule has 2 aromatic carbocycles. The van der Waals surface area contributed by atoms with Crippen molar-refractivity contribution < 1.29 is 24.2 Å². The van der Waals surface area contributed by atoms with Gasteiger partial charge in [0, 0.05) is 45.1 Å². The van der Waals surface area contributed by atoms with E-state index in [-0.39, 0.29) is 24.8 Å². The standard InChI is InChI=1S/C27H35N3O5S/c1-28-27(33)25(34-3)16-24(31)23-17-35-22-11-7-10-18(14-22)8-5-6-9-19-12-20(26(32)29-23)15-21(13-19)30(2)36-4/h5-7,10-15,23-25,31H,8-9,16-17H2,1-4H3,(H,28,33)(H,29,32)/b6-5+/t23-,24?,25?/m0/s1. The van der Waals surface area contributed by atoms with E-state index in [4.69, 9.17) is 9.47 Å². The molecule has 1 aliphatic rings. The van der Waals surface area contributed by atoms with E-state index in [0.29, 0.717) is 17.7 Å². The summed E-state index contributed by atoms with van der Waals surface area (Å²) in [5, 5.41) is 16.5. The Bertz CT molecular complexity index is 1080. The van der Waals surface area contributed by atoms with Crippen molar-refractivity contribution in [3.63, 3.8) is 0 Å². The molecular formula is C27H35N3O5S. The first-order valence-electron chi connectivity index (χ1n) is 11.9. The fourth-order valence-electron chi connectivity index (χ4n) is 3.95. The number of fused-ring (bicyclic) bond motifs is 4. The van der Waals surface area contributed by atoms with Crippen molar-refractivity contribution in [1.82, 2.24) is 10.6 Å². The first kappa shape index (κ1) is 27.6. The average molecular weight is 514 g/mol. The van der Waals surface area contributed by atoms with Gasteiger partial charge in [-0.05, 0) is 54.3 Å². The zero-order chi connectivity index (χ0) is 26.1. The number of likely N-dealkylation sites (N-methyl/N-ethyl adjacent to an activating group) is 1. The van der Waals surface area contributed by atoms with E-state index in [1.807, 2.05) is 54.0 Å². The van der Waals surface area contributed by atoms with Crippen LogP contribution in [0.15, 0.2) is 54.6 Å². The van der Waals surface area contributed by atoms with Crippen LogP contribution in [0.4, 0.5) is 5.69 Å². The summed E-state index contributed by atoms with van der Waals surface area (Å²) in [6, 6.07) is 12.7. The van der Waals surface area contributed by atoms with Crippen LogP contribution >= 0.6 is 11.9 Å². The average Bonchev–Trinajstić information content (AvgIpc) is 2.90. The quantitative estimate of drug-likeness (QED) is 0.387. The highest BCUT2D eigenvalue weighted by molar-refractivity contribution is 7.99. The summed E-state index contributed by atoms with van der Waals surface area (Å²) in [6.07, 6.45) is 5.65. The number of nitrogens with one attached hydrogen (secondary N) is 2. The smallest absolute Gasteiger partial charge is 0.251 e. The number of carbonyl (C=O) groups excluding carboxylic acids is 2. The number of amides is 2. The van der Waals surface area contributed by atoms with Crippen molar-refractivity contribution >= 4 is 29.4 Å². The second-order valence-corrected chi connectivity index (χ2v) is 9.54. The molecular weight excluding hydrogens is 478 g/mol. The molecule has 4 bridgehead atoms. The fourth-order valence-corrected chi connectivity index (χ4v) is 4.27. The molecule has 2 unspecified atom stereocenters. The maximum Gasteiger partial charge on any atom is 0.251 e. The van der Waals surface area contributed by atoms with Gasteiger partial charge >= 0.3 is 0 Å². The number of hydrogen-bond donors (Lipinski definition) is 3. The van der Waals surface area contributed by atoms with Gasteiger partial charge in [0.2, 0.25) is 5.91 Å². The Hall–Kier alpha value is -3.01. The topological polar surface area (TPSA) is 100 Å². The maximum absolute atomic E-state index is 13.4. The lowest BCUT2D eigenvalue weighted by Gasteiger charge is -2.27. The summed E-state index contributed by atoms with van der Waals surface area (Å²) >= 11 is 1.55. The van der Waals surface area contributed by atoms with Crippen molar-refractivity contribution in [2.45, 2.75) is 37.5 Å². The first-order chi connectivity index (χ1) is 17.3. The van der Waals surface area contributed by atoms with Gasteiger partial charge < -0.3 is 29.5 Å². The molecule has 9 heteroatoms. The van der Waals surface area contributed by atoms with Crippen LogP contribution in [-0.2, 0) is 22.4 Å². The van der Waals surface area contributed by atoms with Gasteiger partial charge in [0.05, 0.1) is 12.1 Å². The number of methoxy groups -OCH3 is 1. The number of aliphatic hydroxyl groups is 1. The summed E-state index contributed by atoms with van der Waals surface area (Å²) in [6.45, 7) is 0.0215. The van der Waals surface area contributed by atoms with Gasteiger partial charge in [-0.15, -0.1) is 0 Å². The third-order valence-electron chi connectivity index (χ3n) is 6.14. The lowest BCUT2D eigenvalue weighted by molar-refractivity contribution is -0.132. The van der Waals surface area contributed by atoms with E-state index in [2.05, 4.69) is 28.9 Å². The Kier molecular flexibility index (Phi) is 10.2. The molecule has 2 aromatic rings. The molecule has 3 rings (SSSR count). The van der Waals surface area contributed by atoms with Gasteiger partial charge in [-0.2, -0.15) is 0 Å². The Balaban J connectivity index is 1.95. The molecule has 0 saturated carbocycles. The number of carbonyl (C=O) groups is 2. The number of anilines is 1. The predicted molar refractivity (Wildman–Crippen MR) is 144 cm³/mol. The van der Waals surface area contributed by atoms with E-state index in [9.17, 15) is 14.7 Å². The molecule has 0 radical (unpaired) electrons. The molecule has 0 aromatic heterocycles. The number of aliphatic hydroxyl groups excluding tert-OH is 1. The normalized spacial score (nSPS) is 18.5. The maximum atomic E-state index is 13.4. The van der Waals surface area contributed by atoms with Gasteiger partial charge in [-0.1, -0.05) is 36.2 Å². The summed E-state index contributed by atoms with van der Waals surface area (Å²) < 4.78 is 13.2. The molecule has 3 N–H and O–H groups in total. The monoisotopic (exact) mass is 513 g/mol. The van der Waals surface area contributed by atoms with Crippen LogP contribution in [0.2, 0.25) is 0 Å². The van der Waals surface area contributed by atoms with Crippen LogP contribution in [0.5, 0.6) is 5.75 Å². The van der Waals surface area contributed by atoms with E-state index in [1.54, 1.807) is 11.9 Å². The second-order valence-electron chi connectivity index (χ2n) is 8.63. The molecule has 2 amide bonds. The molecule has 36 heavy (non-hydrogen) atoms. The van der Waals surface area contributed by atoms with Gasteiger partial charge in [0.25, 0.3) is 5.91 Å². The Morgan fingerprint density at radius 3 is 2.69 bits per heavy atom. The predicted octanol–water partition coefficient (Wildman–Crippen LogP) is 2.75. The molecule has 194 valence electrons. The number of benzene rings is 2. The number of allylic oxidation sites excluding steroid dienone is 2. The minimum Gasteiger partial charge on any atom is -0.491 e. The molecule has 8 nitrogen and oxygen atoms in total. The largest absolute Gasteiger partial charge is 0.491 e. The SMILES string of the molecule is CNC(=O)C(CC(O)[C@@H]1COc2cccc(c2)C/C=C/Cc2cc(cc(N(C)SC)c2)C(=O)N1)OC. The van der Waals surface area contributed by atoms with Crippen LogP contribution in [0.1, 0.15) is 27.9 Å². The molecule has 1 heterocycles. The van der Waals surface area contributed by atoms with Gasteiger partial charge in [-0.3, -0.25) is 9.59 Å². The Labute approximate surface area is 217 Å². The number of hydrogen-bond acceptors (Lipinski definition) is 7. The Morgan fingerprint density at radius 1 is 1.25 bits per heavy atom. The molecule has 0 fully saturated rings. The van der Waals surface area contributed by atoms with E-state index < -0.39 is 18.2 Å². The highest BCUT2D eigenvalue weighted by Gasteiger charge is 2.29. The third kappa shape index (κ3) is 7.49. The van der Waals surface area contributed by atoms with E-state index in [0.717, 1.165) is 23.2 Å². The lowest BCUT2D eigenvalue weighted by atomic mass is 10.0. The van der Waals surface area contributed by atoms with Crippen LogP contribution in [0.25, 0.3) is 0 Å². The van der Waals surface area contributed by atoms with Crippen LogP contribution < -0.4 is 19.7 Å². The minimum atomic E-state index is -1.09. The van der Waals surface area contributed by atoms with E-state index in [1.165, 1.54) is 14.2 Å². The van der Waals surface area contributed by atoms with Crippen LogP contribution in [0.3, 0.4) is 0 Å². The van der Waals surface area contributed by atoms with Crippen LogP contribution in [-0.4, -0.2) is 69.2 Å². The van der Waals surface area contributed by atoms with Crippen molar-refractivity contribution in [1.29, 1.82) is 0 Å². The van der Waals surface area contributed by atoms with Crippen molar-refractivity contribution in [3.8, 4) is 5.75 Å². The third-order valence-corrected chi connectivity index (χ3v) is 6.90. The van der Waals surface area contributed by atoms with Crippen molar-refractivity contribution in [3.05, 3.63) is 71.3 Å². The number of ether oxygens (including phenoxy) is 2. The molecule has 0 saturated heterocycles. The van der Waals surface area contributed by atoms with Crippen molar-refractivity contribution in [2.24, 2.45) is 0 Å². The minimum absolute atomic E-state index is 0.00502. The molecule has 1 aliphatic heterocycles. The highest BCUT2D eigenvalue weighted by Crippen LogP contribution is 2.24. The lowest BCUT2D eigenvalue weighted by Crippen LogP contribution is -2.49. The zero-order valence-corrected chi connectivity index (χ0v) is 22.0. The summed E-state index contributed by atoms with van der Waals surface area (Å²) in [5.41, 5.74) is 3.49. The van der Waals surface area contributed by atoms with Gasteiger partial charge in [-0.25, -0.2) is 0 Å². The first-order valence-corrected chi connectivity index (χ1v) is 13.0.